The first-order valence-corrected chi connectivity index (χ1v) is 11.9. The van der Waals surface area contributed by atoms with Crippen molar-refractivity contribution in [3.63, 3.8) is 0 Å². The fourth-order valence-electron chi connectivity index (χ4n) is 3.67. The van der Waals surface area contributed by atoms with Gasteiger partial charge in [-0.3, -0.25) is 9.59 Å². The first kappa shape index (κ1) is 21.3. The average molecular weight is 454 g/mol. The molecule has 0 saturated carbocycles. The van der Waals surface area contributed by atoms with Gasteiger partial charge in [0.25, 0.3) is 0 Å². The molecule has 1 amide bonds. The van der Waals surface area contributed by atoms with Crippen LogP contribution in [0.3, 0.4) is 0 Å². The zero-order valence-electron chi connectivity index (χ0n) is 16.5. The van der Waals surface area contributed by atoms with Gasteiger partial charge in [-0.05, 0) is 48.2 Å². The summed E-state index contributed by atoms with van der Waals surface area (Å²) in [6.07, 6.45) is 1.58. The third-order valence-corrected chi connectivity index (χ3v) is 7.54. The molecular weight excluding hydrogens is 434 g/mol. The molecule has 3 aromatic rings. The van der Waals surface area contributed by atoms with Gasteiger partial charge in [0.05, 0.1) is 10.6 Å². The van der Waals surface area contributed by atoms with Gasteiger partial charge < -0.3 is 5.32 Å². The zero-order chi connectivity index (χ0) is 22.0. The number of anilines is 1. The van der Waals surface area contributed by atoms with Crippen LogP contribution in [0.1, 0.15) is 21.5 Å². The van der Waals surface area contributed by atoms with Gasteiger partial charge in [0.1, 0.15) is 5.92 Å². The van der Waals surface area contributed by atoms with Gasteiger partial charge in [-0.1, -0.05) is 60.1 Å². The van der Waals surface area contributed by atoms with Gasteiger partial charge in [-0.25, -0.2) is 8.42 Å². The van der Waals surface area contributed by atoms with Crippen molar-refractivity contribution in [2.75, 3.05) is 11.1 Å². The lowest BCUT2D eigenvalue weighted by Crippen LogP contribution is -2.39. The summed E-state index contributed by atoms with van der Waals surface area (Å²) < 4.78 is 25.0. The van der Waals surface area contributed by atoms with Crippen LogP contribution in [-0.2, 0) is 27.5 Å². The number of sulfone groups is 1. The number of hydrogen-bond acceptors (Lipinski definition) is 4. The van der Waals surface area contributed by atoms with Crippen LogP contribution < -0.4 is 5.32 Å². The zero-order valence-corrected chi connectivity index (χ0v) is 18.1. The Kier molecular flexibility index (Phi) is 5.94. The highest BCUT2D eigenvalue weighted by atomic mass is 35.5. The van der Waals surface area contributed by atoms with E-state index in [0.29, 0.717) is 5.69 Å². The van der Waals surface area contributed by atoms with Gasteiger partial charge in [-0.2, -0.15) is 0 Å². The van der Waals surface area contributed by atoms with Crippen LogP contribution >= 0.6 is 11.6 Å². The summed E-state index contributed by atoms with van der Waals surface area (Å²) in [5.41, 5.74) is 2.72. The van der Waals surface area contributed by atoms with E-state index in [0.717, 1.165) is 29.0 Å². The van der Waals surface area contributed by atoms with E-state index in [1.807, 2.05) is 36.4 Å². The Morgan fingerprint density at radius 1 is 0.935 bits per heavy atom. The molecule has 0 saturated heterocycles. The molecule has 1 N–H and O–H groups in total. The number of rotatable bonds is 5. The van der Waals surface area contributed by atoms with E-state index in [2.05, 4.69) is 5.32 Å². The number of carbonyl (C=O) groups excluding carboxylic acids is 2. The number of amides is 1. The van der Waals surface area contributed by atoms with Gasteiger partial charge in [-0.15, -0.1) is 0 Å². The van der Waals surface area contributed by atoms with Crippen molar-refractivity contribution in [3.05, 3.63) is 94.5 Å². The fourth-order valence-corrected chi connectivity index (χ4v) is 5.61. The monoisotopic (exact) mass is 453 g/mol. The molecule has 0 fully saturated rings. The van der Waals surface area contributed by atoms with Gasteiger partial charge in [0, 0.05) is 16.3 Å². The molecule has 0 bridgehead atoms. The third-order valence-electron chi connectivity index (χ3n) is 5.37. The lowest BCUT2D eigenvalue weighted by molar-refractivity contribution is -0.118. The Morgan fingerprint density at radius 3 is 2.35 bits per heavy atom. The smallest absolute Gasteiger partial charge is 0.236 e. The summed E-state index contributed by atoms with van der Waals surface area (Å²) in [4.78, 5) is 25.4. The predicted molar refractivity (Wildman–Crippen MR) is 120 cm³/mol. The maximum Gasteiger partial charge on any atom is 0.236 e. The molecule has 0 aliphatic carbocycles. The summed E-state index contributed by atoms with van der Waals surface area (Å²) in [5, 5.41) is 3.41. The van der Waals surface area contributed by atoms with E-state index < -0.39 is 33.2 Å². The first-order chi connectivity index (χ1) is 14.8. The van der Waals surface area contributed by atoms with E-state index in [1.54, 1.807) is 24.3 Å². The maximum absolute atomic E-state index is 12.7. The largest absolute Gasteiger partial charge is 0.325 e. The lowest BCUT2D eigenvalue weighted by Gasteiger charge is -2.22. The highest BCUT2D eigenvalue weighted by Crippen LogP contribution is 2.29. The molecule has 1 aliphatic rings. The summed E-state index contributed by atoms with van der Waals surface area (Å²) in [6, 6.07) is 21.0. The van der Waals surface area contributed by atoms with Crippen molar-refractivity contribution in [3.8, 4) is 0 Å². The van der Waals surface area contributed by atoms with Crippen LogP contribution in [-0.4, -0.2) is 25.9 Å². The lowest BCUT2D eigenvalue weighted by atomic mass is 9.97. The van der Waals surface area contributed by atoms with E-state index >= 15 is 0 Å². The van der Waals surface area contributed by atoms with Gasteiger partial charge in [0.15, 0.2) is 15.6 Å². The first-order valence-electron chi connectivity index (χ1n) is 9.84. The van der Waals surface area contributed by atoms with E-state index in [1.165, 1.54) is 12.1 Å². The van der Waals surface area contributed by atoms with Crippen molar-refractivity contribution in [2.45, 2.75) is 17.7 Å². The second-order valence-electron chi connectivity index (χ2n) is 7.47. The summed E-state index contributed by atoms with van der Waals surface area (Å²) >= 11 is 6.19. The van der Waals surface area contributed by atoms with Gasteiger partial charge in [0.2, 0.25) is 5.91 Å². The van der Waals surface area contributed by atoms with Gasteiger partial charge >= 0.3 is 0 Å². The minimum absolute atomic E-state index is 0.00748. The van der Waals surface area contributed by atoms with Crippen LogP contribution in [0, 0.1) is 5.92 Å². The van der Waals surface area contributed by atoms with Crippen LogP contribution in [0.15, 0.2) is 77.7 Å². The molecule has 0 radical (unpaired) electrons. The highest BCUT2D eigenvalue weighted by molar-refractivity contribution is 7.91. The topological polar surface area (TPSA) is 80.3 Å². The van der Waals surface area contributed by atoms with Crippen molar-refractivity contribution in [1.29, 1.82) is 0 Å². The number of carbonyl (C=O) groups is 2. The molecule has 1 aliphatic heterocycles. The Bertz CT molecular complexity index is 1250. The number of Topliss-reactive ketones (excluding diaryl/α,β-unsaturated/α-hetero) is 1. The summed E-state index contributed by atoms with van der Waals surface area (Å²) in [7, 11) is -3.70. The number of ketones is 1. The standard InChI is InChI=1S/C24H20ClNO4S/c25-21-7-3-1-5-17(21)12-9-16-10-13-18(14-11-16)26-24(28)20-15-31(29,30)22-8-4-2-6-19(22)23(20)27/h1-8,10-11,13-14,20H,9,12,15H2,(H,26,28). The molecule has 1 heterocycles. The molecule has 0 spiro atoms. The Labute approximate surface area is 186 Å². The molecule has 0 aromatic heterocycles. The van der Waals surface area contributed by atoms with Crippen molar-refractivity contribution in [1.82, 2.24) is 0 Å². The van der Waals surface area contributed by atoms with Crippen LogP contribution in [0.25, 0.3) is 0 Å². The van der Waals surface area contributed by atoms with Crippen LogP contribution in [0.5, 0.6) is 0 Å². The average Bonchev–Trinajstić information content (AvgIpc) is 2.77. The second kappa shape index (κ2) is 8.65. The molecule has 1 atom stereocenters. The SMILES string of the molecule is O=C(Nc1ccc(CCc2ccccc2Cl)cc1)C1CS(=O)(=O)c2ccccc2C1=O. The van der Waals surface area contributed by atoms with Crippen LogP contribution in [0.4, 0.5) is 5.69 Å². The fraction of sp³-hybridized carbons (Fsp3) is 0.167. The summed E-state index contributed by atoms with van der Waals surface area (Å²) in [5.74, 6) is -2.88. The molecule has 31 heavy (non-hydrogen) atoms. The highest BCUT2D eigenvalue weighted by Gasteiger charge is 2.40. The van der Waals surface area contributed by atoms with E-state index in [9.17, 15) is 18.0 Å². The quantitative estimate of drug-likeness (QED) is 0.582. The molecule has 1 unspecified atom stereocenters. The molecule has 4 rings (SSSR count). The normalized spacial score (nSPS) is 17.1. The van der Waals surface area contributed by atoms with Crippen molar-refractivity contribution < 1.29 is 18.0 Å². The molecular formula is C24H20ClNO4S. The number of halogens is 1. The van der Waals surface area contributed by atoms with Crippen molar-refractivity contribution in [2.24, 2.45) is 5.92 Å². The number of fused-ring (bicyclic) bond motifs is 1. The number of hydrogen-bond donors (Lipinski definition) is 1. The molecule has 5 nitrogen and oxygen atoms in total. The molecule has 3 aromatic carbocycles. The Balaban J connectivity index is 1.43. The van der Waals surface area contributed by atoms with Crippen LogP contribution in [0.2, 0.25) is 5.02 Å². The Hall–Kier alpha value is -2.96. The number of aryl methyl sites for hydroxylation is 2. The molecule has 7 heteroatoms. The van der Waals surface area contributed by atoms with E-state index in [-0.39, 0.29) is 10.5 Å². The predicted octanol–water partition coefficient (Wildman–Crippen LogP) is 4.35. The minimum atomic E-state index is -3.70. The Morgan fingerprint density at radius 2 is 1.61 bits per heavy atom. The van der Waals surface area contributed by atoms with E-state index in [4.69, 9.17) is 11.6 Å². The van der Waals surface area contributed by atoms with Crippen molar-refractivity contribution >= 4 is 38.8 Å². The number of benzene rings is 3. The number of nitrogens with one attached hydrogen (secondary N) is 1. The second-order valence-corrected chi connectivity index (χ2v) is 9.88. The maximum atomic E-state index is 12.7. The minimum Gasteiger partial charge on any atom is -0.325 e. The third kappa shape index (κ3) is 4.55. The summed E-state index contributed by atoms with van der Waals surface area (Å²) in [6.45, 7) is 0. The molecule has 158 valence electrons.